The molecule has 2 aliphatic heterocycles. The summed E-state index contributed by atoms with van der Waals surface area (Å²) in [7, 11) is 0. The zero-order valence-corrected chi connectivity index (χ0v) is 48.2. The largest absolute Gasteiger partial charge is 0.311 e. The summed E-state index contributed by atoms with van der Waals surface area (Å²) in [6.07, 6.45) is 0. The molecule has 0 saturated heterocycles. The van der Waals surface area contributed by atoms with Crippen molar-refractivity contribution in [1.82, 2.24) is 0 Å². The second-order valence-electron chi connectivity index (χ2n) is 26.6. The van der Waals surface area contributed by atoms with Crippen molar-refractivity contribution in [2.45, 2.75) is 105 Å². The molecule has 2 heterocycles. The van der Waals surface area contributed by atoms with E-state index in [2.05, 4.69) is 305 Å². The number of nitrogens with zero attached hydrogens (tertiary/aromatic N) is 2. The van der Waals surface area contributed by atoms with Crippen LogP contribution in [0.1, 0.15) is 105 Å². The summed E-state index contributed by atoms with van der Waals surface area (Å²) < 4.78 is 0. The van der Waals surface area contributed by atoms with Gasteiger partial charge in [-0.1, -0.05) is 241 Å². The second-order valence-corrected chi connectivity index (χ2v) is 26.6. The molecule has 0 atom stereocenters. The van der Waals surface area contributed by atoms with Crippen molar-refractivity contribution in [2.24, 2.45) is 0 Å². The molecule has 0 aliphatic carbocycles. The summed E-state index contributed by atoms with van der Waals surface area (Å²) in [4.78, 5) is 5.23. The number of hydrogen-bond acceptors (Lipinski definition) is 2. The first kappa shape index (κ1) is 50.4. The molecule has 0 unspecified atom stereocenters. The van der Waals surface area contributed by atoms with Crippen molar-refractivity contribution in [3.63, 3.8) is 0 Å². The van der Waals surface area contributed by atoms with Crippen LogP contribution in [0.15, 0.2) is 212 Å². The molecule has 388 valence electrons. The van der Waals surface area contributed by atoms with E-state index in [1.165, 1.54) is 133 Å². The molecule has 0 radical (unpaired) electrons. The maximum atomic E-state index is 2.62. The van der Waals surface area contributed by atoms with Gasteiger partial charge in [0.05, 0.1) is 11.4 Å². The Kier molecular flexibility index (Phi) is 11.6. The van der Waals surface area contributed by atoms with Gasteiger partial charge in [-0.3, -0.25) is 0 Å². The fourth-order valence-corrected chi connectivity index (χ4v) is 12.8. The van der Waals surface area contributed by atoms with Crippen LogP contribution in [0.3, 0.4) is 0 Å². The van der Waals surface area contributed by atoms with Crippen molar-refractivity contribution >= 4 is 89.5 Å². The van der Waals surface area contributed by atoms with E-state index >= 15 is 0 Å². The lowest BCUT2D eigenvalue weighted by molar-refractivity contribution is 0.590. The molecule has 11 aromatic rings. The molecule has 0 bridgehead atoms. The molecule has 0 saturated carbocycles. The Hall–Kier alpha value is -8.14. The van der Waals surface area contributed by atoms with Gasteiger partial charge in [-0.25, -0.2) is 0 Å². The molecule has 0 fully saturated rings. The van der Waals surface area contributed by atoms with Crippen molar-refractivity contribution in [1.29, 1.82) is 0 Å². The monoisotopic (exact) mass is 1020 g/mol. The Balaban J connectivity index is 1.12. The minimum absolute atomic E-state index is 0.0400. The minimum atomic E-state index is -0.0880. The third kappa shape index (κ3) is 8.47. The second kappa shape index (κ2) is 18.2. The van der Waals surface area contributed by atoms with Crippen molar-refractivity contribution < 1.29 is 0 Å². The Morgan fingerprint density at radius 1 is 0.253 bits per heavy atom. The summed E-state index contributed by atoms with van der Waals surface area (Å²) >= 11 is 0. The van der Waals surface area contributed by atoms with Gasteiger partial charge < -0.3 is 9.80 Å². The van der Waals surface area contributed by atoms with Crippen molar-refractivity contribution in [3.8, 4) is 33.4 Å². The van der Waals surface area contributed by atoms with E-state index in [-0.39, 0.29) is 28.4 Å². The Morgan fingerprint density at radius 2 is 0.646 bits per heavy atom. The minimum Gasteiger partial charge on any atom is -0.311 e. The van der Waals surface area contributed by atoms with Gasteiger partial charge in [0.2, 0.25) is 0 Å². The molecule has 2 nitrogen and oxygen atoms in total. The highest BCUT2D eigenvalue weighted by atomic mass is 15.2. The van der Waals surface area contributed by atoms with Gasteiger partial charge in [-0.05, 0) is 169 Å². The standard InChI is InChI=1S/C76H71BN2/c1-73(2,3)52-33-29-48(30-34-52)50-32-39-68-64(44-50)77-65-47-55(76(10,11)12)37-42-69(65)78(66-40-35-53(74(4,5)6)45-61(66)49-21-14-13-15-22-49)70-27-20-28-71(72(70)77)79(68)67-41-36-54(75(7,8)9)46-62(67)51-31-38-60-58-25-17-16-23-56(58)57-24-18-19-26-59(57)63(60)43-51/h13-47H,1-12H3. The number of benzene rings is 11. The molecule has 79 heavy (non-hydrogen) atoms. The molecule has 0 amide bonds. The predicted octanol–water partition coefficient (Wildman–Crippen LogP) is 19.4. The number of rotatable bonds is 5. The zero-order valence-electron chi connectivity index (χ0n) is 48.2. The third-order valence-corrected chi connectivity index (χ3v) is 17.3. The van der Waals surface area contributed by atoms with Crippen molar-refractivity contribution in [2.75, 3.05) is 9.80 Å². The molecule has 0 spiro atoms. The van der Waals surface area contributed by atoms with E-state index in [0.29, 0.717) is 0 Å². The molecule has 0 N–H and O–H groups in total. The summed E-state index contributed by atoms with van der Waals surface area (Å²) in [6, 6.07) is 81.7. The van der Waals surface area contributed by atoms with Crippen LogP contribution in [-0.2, 0) is 21.7 Å². The van der Waals surface area contributed by atoms with Gasteiger partial charge in [0.15, 0.2) is 0 Å². The van der Waals surface area contributed by atoms with Gasteiger partial charge in [0, 0.05) is 33.9 Å². The van der Waals surface area contributed by atoms with Crippen LogP contribution in [0.4, 0.5) is 34.1 Å². The SMILES string of the molecule is CC(C)(C)c1ccc(-c2ccc3c(c2)B2c4cc(C(C)(C)C)ccc4N(c4ccc(C(C)(C)C)cc4-c4ccccc4)c4cccc(c42)N3c2ccc(C(C)(C)C)cc2-c2ccc3c4ccccc4c4ccccc4c3c2)cc1. The maximum absolute atomic E-state index is 2.62. The topological polar surface area (TPSA) is 6.48 Å². The quantitative estimate of drug-likeness (QED) is 0.125. The van der Waals surface area contributed by atoms with Crippen LogP contribution in [0.2, 0.25) is 0 Å². The fourth-order valence-electron chi connectivity index (χ4n) is 12.8. The molecular formula is C76H71BN2. The van der Waals surface area contributed by atoms with Crippen LogP contribution >= 0.6 is 0 Å². The Labute approximate surface area is 469 Å². The summed E-state index contributed by atoms with van der Waals surface area (Å²) in [5.74, 6) is 0. The fraction of sp³-hybridized carbons (Fsp3) is 0.211. The lowest BCUT2D eigenvalue weighted by Gasteiger charge is -2.45. The number of hydrogen-bond donors (Lipinski definition) is 0. The average Bonchev–Trinajstić information content (AvgIpc) is 3.16. The average molecular weight is 1020 g/mol. The number of anilines is 6. The third-order valence-electron chi connectivity index (χ3n) is 17.3. The molecule has 11 aromatic carbocycles. The van der Waals surface area contributed by atoms with E-state index in [9.17, 15) is 0 Å². The Morgan fingerprint density at radius 3 is 1.16 bits per heavy atom. The lowest BCUT2D eigenvalue weighted by Crippen LogP contribution is -2.61. The number of fused-ring (bicyclic) bond motifs is 10. The van der Waals surface area contributed by atoms with Crippen LogP contribution in [0, 0.1) is 0 Å². The molecule has 13 rings (SSSR count). The lowest BCUT2D eigenvalue weighted by atomic mass is 9.33. The van der Waals surface area contributed by atoms with Gasteiger partial charge in [-0.2, -0.15) is 0 Å². The van der Waals surface area contributed by atoms with E-state index < -0.39 is 0 Å². The van der Waals surface area contributed by atoms with Gasteiger partial charge in [0.1, 0.15) is 0 Å². The van der Waals surface area contributed by atoms with E-state index in [1.807, 2.05) is 0 Å². The highest BCUT2D eigenvalue weighted by molar-refractivity contribution is 7.00. The highest BCUT2D eigenvalue weighted by Gasteiger charge is 2.45. The summed E-state index contributed by atoms with van der Waals surface area (Å²) in [5.41, 5.74) is 23.5. The molecule has 0 aromatic heterocycles. The summed E-state index contributed by atoms with van der Waals surface area (Å²) in [5, 5.41) is 7.67. The van der Waals surface area contributed by atoms with Crippen LogP contribution in [0.5, 0.6) is 0 Å². The van der Waals surface area contributed by atoms with E-state index in [1.54, 1.807) is 0 Å². The van der Waals surface area contributed by atoms with Crippen molar-refractivity contribution in [3.05, 3.63) is 235 Å². The van der Waals surface area contributed by atoms with Crippen LogP contribution in [-0.4, -0.2) is 6.71 Å². The molecule has 3 heteroatoms. The predicted molar refractivity (Wildman–Crippen MR) is 344 cm³/mol. The van der Waals surface area contributed by atoms with Gasteiger partial charge in [0.25, 0.3) is 6.71 Å². The van der Waals surface area contributed by atoms with Crippen LogP contribution in [0.25, 0.3) is 65.7 Å². The Bertz CT molecular complexity index is 4200. The van der Waals surface area contributed by atoms with Crippen LogP contribution < -0.4 is 26.2 Å². The first-order valence-electron chi connectivity index (χ1n) is 28.5. The van der Waals surface area contributed by atoms with Gasteiger partial charge in [-0.15, -0.1) is 0 Å². The summed E-state index contributed by atoms with van der Waals surface area (Å²) in [6.45, 7) is 27.9. The van der Waals surface area contributed by atoms with E-state index in [0.717, 1.165) is 5.69 Å². The zero-order chi connectivity index (χ0) is 54.9. The maximum Gasteiger partial charge on any atom is 0.252 e. The van der Waals surface area contributed by atoms with E-state index in [4.69, 9.17) is 0 Å². The smallest absolute Gasteiger partial charge is 0.252 e. The highest BCUT2D eigenvalue weighted by Crippen LogP contribution is 2.50. The molecular weight excluding hydrogens is 952 g/mol. The molecule has 2 aliphatic rings. The first-order chi connectivity index (χ1) is 37.7. The normalized spacial score (nSPS) is 13.5. The first-order valence-corrected chi connectivity index (χ1v) is 28.5. The van der Waals surface area contributed by atoms with Gasteiger partial charge >= 0.3 is 0 Å².